The molecular formula is C24H19NS. The first-order chi connectivity index (χ1) is 12.9. The summed E-state index contributed by atoms with van der Waals surface area (Å²) < 4.78 is 0. The zero-order valence-corrected chi connectivity index (χ0v) is 15.2. The summed E-state index contributed by atoms with van der Waals surface area (Å²) in [6, 6.07) is 27.8. The van der Waals surface area contributed by atoms with E-state index in [1.165, 1.54) is 27.2 Å². The minimum atomic E-state index is 0.550. The molecule has 3 aromatic carbocycles. The number of para-hydroxylation sites is 1. The van der Waals surface area contributed by atoms with Crippen LogP contribution in [0.2, 0.25) is 0 Å². The average molecular weight is 353 g/mol. The summed E-state index contributed by atoms with van der Waals surface area (Å²) in [6.07, 6.45) is 5.71. The fourth-order valence-corrected chi connectivity index (χ4v) is 5.05. The van der Waals surface area contributed by atoms with Crippen molar-refractivity contribution in [2.45, 2.75) is 16.6 Å². The van der Waals surface area contributed by atoms with Crippen LogP contribution >= 0.6 is 11.8 Å². The second-order valence-corrected chi connectivity index (χ2v) is 7.93. The molecule has 2 aliphatic rings. The molecule has 1 nitrogen and oxygen atoms in total. The van der Waals surface area contributed by atoms with Crippen LogP contribution in [0.1, 0.15) is 17.5 Å². The SMILES string of the molecule is C1=C(c2ccc(Nc3ccccc3)cc2)CC2Sc3ccccc3C2=C1. The van der Waals surface area contributed by atoms with Crippen LogP contribution in [0.4, 0.5) is 11.4 Å². The first-order valence-electron chi connectivity index (χ1n) is 8.96. The van der Waals surface area contributed by atoms with Gasteiger partial charge in [-0.1, -0.05) is 60.7 Å². The lowest BCUT2D eigenvalue weighted by molar-refractivity contribution is 1.11. The van der Waals surface area contributed by atoms with Gasteiger partial charge in [-0.15, -0.1) is 11.8 Å². The van der Waals surface area contributed by atoms with E-state index in [2.05, 4.69) is 78.1 Å². The van der Waals surface area contributed by atoms with Crippen molar-refractivity contribution >= 4 is 34.3 Å². The Kier molecular flexibility index (Phi) is 3.91. The van der Waals surface area contributed by atoms with Gasteiger partial charge < -0.3 is 5.32 Å². The van der Waals surface area contributed by atoms with E-state index < -0.39 is 0 Å². The Morgan fingerprint density at radius 3 is 2.31 bits per heavy atom. The number of allylic oxidation sites excluding steroid dienone is 3. The van der Waals surface area contributed by atoms with Crippen molar-refractivity contribution in [2.75, 3.05) is 5.32 Å². The van der Waals surface area contributed by atoms with Gasteiger partial charge in [-0.3, -0.25) is 0 Å². The number of fused-ring (bicyclic) bond motifs is 3. The smallest absolute Gasteiger partial charge is 0.0391 e. The summed E-state index contributed by atoms with van der Waals surface area (Å²) in [7, 11) is 0. The number of nitrogens with one attached hydrogen (secondary N) is 1. The lowest BCUT2D eigenvalue weighted by Crippen LogP contribution is -2.05. The van der Waals surface area contributed by atoms with Crippen molar-refractivity contribution in [3.05, 3.63) is 102 Å². The Labute approximate surface area is 158 Å². The number of hydrogen-bond donors (Lipinski definition) is 1. The van der Waals surface area contributed by atoms with E-state index in [0.717, 1.165) is 17.8 Å². The molecule has 2 heteroatoms. The molecule has 0 fully saturated rings. The molecule has 5 rings (SSSR count). The summed E-state index contributed by atoms with van der Waals surface area (Å²) in [5.74, 6) is 0. The van der Waals surface area contributed by atoms with Gasteiger partial charge in [-0.05, 0) is 59.0 Å². The van der Waals surface area contributed by atoms with Gasteiger partial charge in [-0.25, -0.2) is 0 Å². The summed E-state index contributed by atoms with van der Waals surface area (Å²) in [4.78, 5) is 1.42. The van der Waals surface area contributed by atoms with E-state index >= 15 is 0 Å². The molecule has 1 aliphatic carbocycles. The Morgan fingerprint density at radius 1 is 0.731 bits per heavy atom. The quantitative estimate of drug-likeness (QED) is 0.557. The number of thioether (sulfide) groups is 1. The largest absolute Gasteiger partial charge is 0.356 e. The van der Waals surface area contributed by atoms with Crippen molar-refractivity contribution in [3.8, 4) is 0 Å². The zero-order valence-electron chi connectivity index (χ0n) is 14.4. The topological polar surface area (TPSA) is 12.0 Å². The van der Waals surface area contributed by atoms with Gasteiger partial charge in [0.15, 0.2) is 0 Å². The number of benzene rings is 3. The first-order valence-corrected chi connectivity index (χ1v) is 9.84. The second-order valence-electron chi connectivity index (χ2n) is 6.69. The predicted molar refractivity (Wildman–Crippen MR) is 113 cm³/mol. The summed E-state index contributed by atoms with van der Waals surface area (Å²) in [5.41, 5.74) is 7.87. The predicted octanol–water partition coefficient (Wildman–Crippen LogP) is 6.78. The van der Waals surface area contributed by atoms with Gasteiger partial charge in [0.2, 0.25) is 0 Å². The maximum atomic E-state index is 3.45. The van der Waals surface area contributed by atoms with Gasteiger partial charge in [0.1, 0.15) is 0 Å². The molecule has 1 heterocycles. The van der Waals surface area contributed by atoms with E-state index in [4.69, 9.17) is 0 Å². The Hall–Kier alpha value is -2.71. The molecule has 1 N–H and O–H groups in total. The molecule has 1 aliphatic heterocycles. The molecule has 1 atom stereocenters. The van der Waals surface area contributed by atoms with Crippen LogP contribution in [0.3, 0.4) is 0 Å². The van der Waals surface area contributed by atoms with Crippen molar-refractivity contribution in [3.63, 3.8) is 0 Å². The number of anilines is 2. The van der Waals surface area contributed by atoms with Crippen LogP contribution in [-0.4, -0.2) is 5.25 Å². The minimum absolute atomic E-state index is 0.550. The molecule has 126 valence electrons. The Balaban J connectivity index is 1.37. The van der Waals surface area contributed by atoms with Gasteiger partial charge in [0, 0.05) is 21.5 Å². The highest BCUT2D eigenvalue weighted by Crippen LogP contribution is 2.49. The van der Waals surface area contributed by atoms with Crippen LogP contribution in [0, 0.1) is 0 Å². The zero-order chi connectivity index (χ0) is 17.3. The number of hydrogen-bond acceptors (Lipinski definition) is 2. The van der Waals surface area contributed by atoms with E-state index in [0.29, 0.717) is 5.25 Å². The third-order valence-electron chi connectivity index (χ3n) is 5.00. The van der Waals surface area contributed by atoms with Crippen molar-refractivity contribution in [1.82, 2.24) is 0 Å². The highest BCUT2D eigenvalue weighted by atomic mass is 32.2. The summed E-state index contributed by atoms with van der Waals surface area (Å²) >= 11 is 2.00. The fourth-order valence-electron chi connectivity index (χ4n) is 3.67. The normalized spacial score (nSPS) is 17.8. The molecule has 0 spiro atoms. The van der Waals surface area contributed by atoms with E-state index in [9.17, 15) is 0 Å². The molecule has 1 unspecified atom stereocenters. The molecule has 0 bridgehead atoms. The highest BCUT2D eigenvalue weighted by molar-refractivity contribution is 8.00. The van der Waals surface area contributed by atoms with Crippen molar-refractivity contribution < 1.29 is 0 Å². The molecule has 0 radical (unpaired) electrons. The molecule has 0 aromatic heterocycles. The third kappa shape index (κ3) is 2.87. The van der Waals surface area contributed by atoms with Crippen molar-refractivity contribution in [1.29, 1.82) is 0 Å². The lowest BCUT2D eigenvalue weighted by atomic mass is 9.90. The molecule has 26 heavy (non-hydrogen) atoms. The van der Waals surface area contributed by atoms with Crippen LogP contribution in [0.25, 0.3) is 11.1 Å². The third-order valence-corrected chi connectivity index (χ3v) is 6.32. The van der Waals surface area contributed by atoms with Gasteiger partial charge in [0.05, 0.1) is 0 Å². The van der Waals surface area contributed by atoms with Crippen LogP contribution in [0.5, 0.6) is 0 Å². The molecular weight excluding hydrogens is 334 g/mol. The lowest BCUT2D eigenvalue weighted by Gasteiger charge is -2.19. The number of rotatable bonds is 3. The first kappa shape index (κ1) is 15.5. The van der Waals surface area contributed by atoms with E-state index in [1.54, 1.807) is 0 Å². The Morgan fingerprint density at radius 2 is 1.46 bits per heavy atom. The van der Waals surface area contributed by atoms with Crippen LogP contribution < -0.4 is 5.32 Å². The summed E-state index contributed by atoms with van der Waals surface area (Å²) in [5, 5.41) is 4.00. The van der Waals surface area contributed by atoms with Gasteiger partial charge in [0.25, 0.3) is 0 Å². The van der Waals surface area contributed by atoms with E-state index in [-0.39, 0.29) is 0 Å². The second kappa shape index (κ2) is 6.54. The van der Waals surface area contributed by atoms with Gasteiger partial charge in [-0.2, -0.15) is 0 Å². The van der Waals surface area contributed by atoms with Gasteiger partial charge >= 0.3 is 0 Å². The van der Waals surface area contributed by atoms with E-state index in [1.807, 2.05) is 30.0 Å². The summed E-state index contributed by atoms with van der Waals surface area (Å²) in [6.45, 7) is 0. The minimum Gasteiger partial charge on any atom is -0.356 e. The van der Waals surface area contributed by atoms with Crippen LogP contribution in [-0.2, 0) is 0 Å². The van der Waals surface area contributed by atoms with Crippen LogP contribution in [0.15, 0.2) is 95.9 Å². The van der Waals surface area contributed by atoms with Crippen molar-refractivity contribution in [2.24, 2.45) is 0 Å². The monoisotopic (exact) mass is 353 g/mol. The maximum Gasteiger partial charge on any atom is 0.0391 e. The molecule has 3 aromatic rings. The molecule has 0 amide bonds. The standard InChI is InChI=1S/C24H19NS/c1-2-6-19(7-3-1)25-20-13-10-17(11-14-20)18-12-15-22-21-8-4-5-9-23(21)26-24(22)16-18/h1-15,24-25H,16H2. The maximum absolute atomic E-state index is 3.45. The average Bonchev–Trinajstić information content (AvgIpc) is 3.07. The Bertz CT molecular complexity index is 1000. The molecule has 0 saturated heterocycles. The highest BCUT2D eigenvalue weighted by Gasteiger charge is 2.29. The fraction of sp³-hybridized carbons (Fsp3) is 0.0833. The molecule has 0 saturated carbocycles.